The molecule has 6 rings (SSSR count). The summed E-state index contributed by atoms with van der Waals surface area (Å²) in [6.07, 6.45) is -4.24. The monoisotopic (exact) mass is 694 g/mol. The van der Waals surface area contributed by atoms with Gasteiger partial charge in [0, 0.05) is 39.7 Å². The van der Waals surface area contributed by atoms with Gasteiger partial charge >= 0.3 is 6.18 Å². The molecule has 0 saturated heterocycles. The van der Waals surface area contributed by atoms with Gasteiger partial charge in [-0.05, 0) is 94.5 Å². The second-order valence-electron chi connectivity index (χ2n) is 12.1. The van der Waals surface area contributed by atoms with Crippen molar-refractivity contribution in [1.82, 2.24) is 30.9 Å². The third-order valence-electron chi connectivity index (χ3n) is 7.85. The molecule has 0 radical (unpaired) electrons. The lowest BCUT2D eigenvalue weighted by Crippen LogP contribution is -2.49. The van der Waals surface area contributed by atoms with Crippen LogP contribution in [-0.4, -0.2) is 49.0 Å². The second-order valence-corrected chi connectivity index (χ2v) is 12.9. The maximum Gasteiger partial charge on any atom is 0.416 e. The molecular formula is C32H30BrF3N8O2. The number of hydrogen-bond donors (Lipinski definition) is 4. The number of H-pyrrole nitrogens is 2. The molecule has 0 spiro atoms. The van der Waals surface area contributed by atoms with Crippen molar-refractivity contribution in [3.05, 3.63) is 81.8 Å². The number of nitrogens with zero attached hydrogens (tertiary/aromatic N) is 4. The SMILES string of the molecule is CC(C)(N)CC(=O)N[C@@H]1CCc2cc(C(F)(F)F)ccc2N(Cc2ccc3[nH]c(-c4ccccc4-c4nnn[nH]4)c(Br)c3c2)C1=O. The molecule has 0 fully saturated rings. The Hall–Kier alpha value is -4.56. The van der Waals surface area contributed by atoms with E-state index >= 15 is 0 Å². The molecule has 0 unspecified atom stereocenters. The van der Waals surface area contributed by atoms with Crippen molar-refractivity contribution in [3.8, 4) is 22.6 Å². The Morgan fingerprint density at radius 3 is 2.57 bits per heavy atom. The minimum absolute atomic E-state index is 0.0153. The Balaban J connectivity index is 1.37. The number of halogens is 4. The number of amides is 2. The van der Waals surface area contributed by atoms with Crippen molar-refractivity contribution >= 4 is 44.3 Å². The van der Waals surface area contributed by atoms with E-state index in [1.165, 1.54) is 11.0 Å². The Kier molecular flexibility index (Phi) is 8.19. The number of anilines is 1. The number of alkyl halides is 3. The van der Waals surface area contributed by atoms with E-state index in [-0.39, 0.29) is 25.8 Å². The van der Waals surface area contributed by atoms with E-state index in [9.17, 15) is 22.8 Å². The third kappa shape index (κ3) is 6.40. The van der Waals surface area contributed by atoms with Crippen LogP contribution >= 0.6 is 15.9 Å². The molecule has 238 valence electrons. The van der Waals surface area contributed by atoms with Crippen LogP contribution in [0.2, 0.25) is 0 Å². The molecule has 0 bridgehead atoms. The first-order valence-electron chi connectivity index (χ1n) is 14.5. The number of nitrogens with two attached hydrogens (primary N) is 1. The molecule has 1 aliphatic rings. The van der Waals surface area contributed by atoms with E-state index in [4.69, 9.17) is 5.73 Å². The van der Waals surface area contributed by atoms with Crippen molar-refractivity contribution in [2.75, 3.05) is 4.90 Å². The summed E-state index contributed by atoms with van der Waals surface area (Å²) < 4.78 is 41.7. The van der Waals surface area contributed by atoms with E-state index in [2.05, 4.69) is 46.9 Å². The summed E-state index contributed by atoms with van der Waals surface area (Å²) in [6, 6.07) is 15.8. The van der Waals surface area contributed by atoms with E-state index in [0.29, 0.717) is 17.1 Å². The van der Waals surface area contributed by atoms with Crippen molar-refractivity contribution in [3.63, 3.8) is 0 Å². The fourth-order valence-corrected chi connectivity index (χ4v) is 6.41. The topological polar surface area (TPSA) is 146 Å². The van der Waals surface area contributed by atoms with Gasteiger partial charge in [0.05, 0.1) is 22.3 Å². The van der Waals surface area contributed by atoms with Gasteiger partial charge in [-0.1, -0.05) is 30.3 Å². The molecule has 2 aromatic heterocycles. The minimum atomic E-state index is -4.54. The highest BCUT2D eigenvalue weighted by Gasteiger charge is 2.36. The molecule has 1 atom stereocenters. The largest absolute Gasteiger partial charge is 0.416 e. The van der Waals surface area contributed by atoms with Crippen LogP contribution in [0.15, 0.2) is 65.1 Å². The molecule has 10 nitrogen and oxygen atoms in total. The van der Waals surface area contributed by atoms with Gasteiger partial charge in [0.1, 0.15) is 6.04 Å². The van der Waals surface area contributed by atoms with E-state index in [1.54, 1.807) is 13.8 Å². The van der Waals surface area contributed by atoms with Crippen LogP contribution < -0.4 is 16.0 Å². The quantitative estimate of drug-likeness (QED) is 0.167. The summed E-state index contributed by atoms with van der Waals surface area (Å²) >= 11 is 3.74. The molecule has 5 N–H and O–H groups in total. The highest BCUT2D eigenvalue weighted by atomic mass is 79.9. The predicted octanol–water partition coefficient (Wildman–Crippen LogP) is 5.89. The fraction of sp³-hybridized carbons (Fsp3) is 0.281. The zero-order chi connectivity index (χ0) is 32.8. The number of aryl methyl sites for hydroxylation is 1. The number of benzene rings is 3. The summed E-state index contributed by atoms with van der Waals surface area (Å²) in [4.78, 5) is 31.7. The van der Waals surface area contributed by atoms with Crippen LogP contribution in [0.1, 0.15) is 43.4 Å². The van der Waals surface area contributed by atoms with Crippen LogP contribution in [0.5, 0.6) is 0 Å². The van der Waals surface area contributed by atoms with Gasteiger partial charge in [-0.3, -0.25) is 9.59 Å². The maximum absolute atomic E-state index is 14.0. The van der Waals surface area contributed by atoms with Crippen LogP contribution in [0.3, 0.4) is 0 Å². The summed E-state index contributed by atoms with van der Waals surface area (Å²) in [5.41, 5.74) is 9.16. The Morgan fingerprint density at radius 1 is 1.11 bits per heavy atom. The lowest BCUT2D eigenvalue weighted by atomic mass is 10.0. The number of carbonyl (C=O) groups is 2. The number of nitrogens with one attached hydrogen (secondary N) is 3. The minimum Gasteiger partial charge on any atom is -0.354 e. The van der Waals surface area contributed by atoms with Crippen molar-refractivity contribution in [2.24, 2.45) is 5.73 Å². The molecule has 14 heteroatoms. The summed E-state index contributed by atoms with van der Waals surface area (Å²) in [6.45, 7) is 3.47. The highest BCUT2D eigenvalue weighted by molar-refractivity contribution is 9.10. The second kappa shape index (κ2) is 12.0. The first kappa shape index (κ1) is 31.4. The van der Waals surface area contributed by atoms with Crippen LogP contribution in [0.25, 0.3) is 33.5 Å². The van der Waals surface area contributed by atoms with E-state index in [0.717, 1.165) is 49.9 Å². The molecular weight excluding hydrogens is 665 g/mol. The Bertz CT molecular complexity index is 1930. The van der Waals surface area contributed by atoms with Gasteiger partial charge in [0.2, 0.25) is 11.8 Å². The Morgan fingerprint density at radius 2 is 1.87 bits per heavy atom. The average molecular weight is 696 g/mol. The maximum atomic E-state index is 14.0. The molecule has 3 aromatic carbocycles. The number of hydrogen-bond acceptors (Lipinski definition) is 6. The summed E-state index contributed by atoms with van der Waals surface area (Å²) in [5.74, 6) is -0.310. The van der Waals surface area contributed by atoms with Gasteiger partial charge in [0.15, 0.2) is 5.82 Å². The molecule has 1 aliphatic heterocycles. The van der Waals surface area contributed by atoms with Crippen LogP contribution in [-0.2, 0) is 28.7 Å². The van der Waals surface area contributed by atoms with Crippen molar-refractivity contribution in [2.45, 2.75) is 57.4 Å². The fourth-order valence-electron chi connectivity index (χ4n) is 5.77. The molecule has 5 aromatic rings. The van der Waals surface area contributed by atoms with E-state index in [1.807, 2.05) is 42.5 Å². The standard InChI is InChI=1S/C32H30BrF3N8O2/c1-31(2,37)15-26(45)38-24-11-8-18-14-19(32(34,35)36)9-12-25(18)44(30(24)46)16-17-7-10-23-22(13-17)27(33)28(39-23)20-5-3-4-6-21(20)29-40-42-43-41-29/h3-7,9-10,12-14,24,39H,8,11,15-16,37H2,1-2H3,(H,38,45)(H,40,41,42,43)/t24-/m1/s1. The number of carbonyl (C=O) groups excluding carboxylic acids is 2. The summed E-state index contributed by atoms with van der Waals surface area (Å²) in [5, 5.41) is 17.8. The molecule has 0 aliphatic carbocycles. The average Bonchev–Trinajstić information content (AvgIpc) is 3.62. The molecule has 46 heavy (non-hydrogen) atoms. The third-order valence-corrected chi connectivity index (χ3v) is 8.68. The van der Waals surface area contributed by atoms with Gasteiger partial charge < -0.3 is 20.9 Å². The van der Waals surface area contributed by atoms with E-state index < -0.39 is 35.1 Å². The van der Waals surface area contributed by atoms with Crippen LogP contribution in [0.4, 0.5) is 18.9 Å². The lowest BCUT2D eigenvalue weighted by molar-refractivity contribution is -0.137. The first-order chi connectivity index (χ1) is 21.8. The number of fused-ring (bicyclic) bond motifs is 2. The zero-order valence-electron chi connectivity index (χ0n) is 24.9. The van der Waals surface area contributed by atoms with Gasteiger partial charge in [0.25, 0.3) is 0 Å². The number of rotatable bonds is 7. The number of aromatic amines is 2. The first-order valence-corrected chi connectivity index (χ1v) is 15.3. The van der Waals surface area contributed by atoms with Crippen molar-refractivity contribution in [1.29, 1.82) is 0 Å². The van der Waals surface area contributed by atoms with Crippen LogP contribution in [0, 0.1) is 0 Å². The lowest BCUT2D eigenvalue weighted by Gasteiger charge is -2.27. The predicted molar refractivity (Wildman–Crippen MR) is 170 cm³/mol. The molecule has 0 saturated carbocycles. The highest BCUT2D eigenvalue weighted by Crippen LogP contribution is 2.40. The van der Waals surface area contributed by atoms with Crippen molar-refractivity contribution < 1.29 is 22.8 Å². The molecule has 3 heterocycles. The van der Waals surface area contributed by atoms with Gasteiger partial charge in [-0.15, -0.1) is 5.10 Å². The van der Waals surface area contributed by atoms with Gasteiger partial charge in [-0.25, -0.2) is 5.10 Å². The molecule has 2 amide bonds. The Labute approximate surface area is 270 Å². The smallest absolute Gasteiger partial charge is 0.354 e. The zero-order valence-corrected chi connectivity index (χ0v) is 26.5. The summed E-state index contributed by atoms with van der Waals surface area (Å²) in [7, 11) is 0. The normalized spacial score (nSPS) is 15.6. The van der Waals surface area contributed by atoms with Gasteiger partial charge in [-0.2, -0.15) is 13.2 Å². The number of aromatic nitrogens is 5. The number of tetrazole rings is 1.